The Morgan fingerprint density at radius 2 is 2.11 bits per heavy atom. The highest BCUT2D eigenvalue weighted by molar-refractivity contribution is 5.73. The van der Waals surface area contributed by atoms with E-state index in [1.807, 2.05) is 18.2 Å². The number of aromatic nitrogens is 2. The van der Waals surface area contributed by atoms with E-state index in [9.17, 15) is 4.79 Å². The monoisotopic (exact) mass is 365 g/mol. The summed E-state index contributed by atoms with van der Waals surface area (Å²) < 4.78 is 0. The Morgan fingerprint density at radius 1 is 1.26 bits per heavy atom. The quantitative estimate of drug-likeness (QED) is 0.849. The van der Waals surface area contributed by atoms with Crippen molar-refractivity contribution >= 4 is 11.7 Å². The molecule has 0 unspecified atom stereocenters. The van der Waals surface area contributed by atoms with Crippen LogP contribution in [0.4, 0.5) is 5.82 Å². The van der Waals surface area contributed by atoms with Crippen LogP contribution in [0.15, 0.2) is 30.3 Å². The van der Waals surface area contributed by atoms with Crippen molar-refractivity contribution in [2.45, 2.75) is 38.6 Å². The second-order valence-electron chi connectivity index (χ2n) is 7.55. The van der Waals surface area contributed by atoms with Gasteiger partial charge in [-0.2, -0.15) is 0 Å². The Labute approximate surface area is 160 Å². The number of primary amides is 1. The maximum atomic E-state index is 11.2. The Kier molecular flexibility index (Phi) is 5.34. The molecule has 0 saturated carbocycles. The van der Waals surface area contributed by atoms with Gasteiger partial charge in [-0.1, -0.05) is 30.3 Å². The van der Waals surface area contributed by atoms with E-state index in [4.69, 9.17) is 15.7 Å². The number of carbonyl (C=O) groups excluding carboxylic acids is 1. The number of nitrogens with zero attached hydrogens (tertiary/aromatic N) is 3. The maximum absolute atomic E-state index is 11.2. The number of hydrogen-bond donors (Lipinski definition) is 2. The van der Waals surface area contributed by atoms with Crippen LogP contribution < -0.4 is 16.0 Å². The Bertz CT molecular complexity index is 808. The van der Waals surface area contributed by atoms with Crippen molar-refractivity contribution < 1.29 is 4.79 Å². The van der Waals surface area contributed by atoms with Gasteiger partial charge in [0.1, 0.15) is 5.82 Å². The summed E-state index contributed by atoms with van der Waals surface area (Å²) in [4.78, 5) is 23.4. The highest BCUT2D eigenvalue weighted by atomic mass is 16.1. The van der Waals surface area contributed by atoms with Crippen molar-refractivity contribution in [1.29, 1.82) is 0 Å². The van der Waals surface area contributed by atoms with Gasteiger partial charge in [-0.3, -0.25) is 4.79 Å². The normalized spacial score (nSPS) is 19.6. The van der Waals surface area contributed by atoms with Crippen LogP contribution in [0.1, 0.15) is 36.9 Å². The molecule has 0 radical (unpaired) electrons. The van der Waals surface area contributed by atoms with Crippen LogP contribution in [-0.2, 0) is 17.8 Å². The minimum absolute atomic E-state index is 0.205. The van der Waals surface area contributed by atoms with Crippen molar-refractivity contribution in [3.63, 3.8) is 0 Å². The third kappa shape index (κ3) is 4.11. The van der Waals surface area contributed by atoms with Crippen LogP contribution in [0.5, 0.6) is 0 Å². The predicted molar refractivity (Wildman–Crippen MR) is 106 cm³/mol. The minimum Gasteiger partial charge on any atom is -0.370 e. The lowest BCUT2D eigenvalue weighted by Crippen LogP contribution is -2.38. The summed E-state index contributed by atoms with van der Waals surface area (Å²) in [7, 11) is 0. The molecular weight excluding hydrogens is 338 g/mol. The molecule has 1 atom stereocenters. The van der Waals surface area contributed by atoms with Crippen molar-refractivity contribution in [3.05, 3.63) is 41.6 Å². The van der Waals surface area contributed by atoms with Crippen molar-refractivity contribution in [2.24, 2.45) is 11.7 Å². The summed E-state index contributed by atoms with van der Waals surface area (Å²) in [5, 5.41) is 3.43. The molecular formula is C21H27N5O. The predicted octanol–water partition coefficient (Wildman–Crippen LogP) is 2.27. The molecule has 3 heterocycles. The molecule has 1 aromatic carbocycles. The molecule has 1 saturated heterocycles. The van der Waals surface area contributed by atoms with E-state index >= 15 is 0 Å². The number of hydrogen-bond acceptors (Lipinski definition) is 5. The van der Waals surface area contributed by atoms with E-state index in [0.29, 0.717) is 12.3 Å². The van der Waals surface area contributed by atoms with Crippen molar-refractivity contribution in [3.8, 4) is 11.4 Å². The summed E-state index contributed by atoms with van der Waals surface area (Å²) >= 11 is 0. The van der Waals surface area contributed by atoms with Gasteiger partial charge in [0.15, 0.2) is 5.82 Å². The second-order valence-corrected chi connectivity index (χ2v) is 7.55. The molecule has 2 aromatic rings. The van der Waals surface area contributed by atoms with E-state index in [1.165, 1.54) is 5.56 Å². The fourth-order valence-electron chi connectivity index (χ4n) is 4.16. The van der Waals surface area contributed by atoms with Crippen LogP contribution in [-0.4, -0.2) is 35.5 Å². The molecule has 1 amide bonds. The zero-order valence-electron chi connectivity index (χ0n) is 15.7. The molecule has 1 aromatic heterocycles. The van der Waals surface area contributed by atoms with Gasteiger partial charge in [-0.05, 0) is 38.1 Å². The third-order valence-corrected chi connectivity index (χ3v) is 5.56. The number of piperidine rings is 1. The SMILES string of the molecule is NC(=O)CC[C@@H]1CCCN(c2nc(-c3ccccc3)nc3c2CCNC3)C1. The molecule has 4 rings (SSSR count). The lowest BCUT2D eigenvalue weighted by molar-refractivity contribution is -0.118. The zero-order valence-corrected chi connectivity index (χ0v) is 15.7. The lowest BCUT2D eigenvalue weighted by Gasteiger charge is -2.36. The summed E-state index contributed by atoms with van der Waals surface area (Å²) in [5.41, 5.74) is 8.80. The van der Waals surface area contributed by atoms with Gasteiger partial charge in [-0.25, -0.2) is 9.97 Å². The average Bonchev–Trinajstić information content (AvgIpc) is 2.72. The van der Waals surface area contributed by atoms with Gasteiger partial charge in [0.25, 0.3) is 0 Å². The second kappa shape index (κ2) is 8.05. The average molecular weight is 365 g/mol. The van der Waals surface area contributed by atoms with E-state index in [0.717, 1.165) is 74.8 Å². The smallest absolute Gasteiger partial charge is 0.217 e. The van der Waals surface area contributed by atoms with Crippen molar-refractivity contribution in [1.82, 2.24) is 15.3 Å². The largest absolute Gasteiger partial charge is 0.370 e. The van der Waals surface area contributed by atoms with E-state index in [1.54, 1.807) is 0 Å². The number of benzene rings is 1. The van der Waals surface area contributed by atoms with Crippen LogP contribution in [0.25, 0.3) is 11.4 Å². The fourth-order valence-corrected chi connectivity index (χ4v) is 4.16. The molecule has 6 heteroatoms. The summed E-state index contributed by atoms with van der Waals surface area (Å²) in [6.07, 6.45) is 4.58. The standard InChI is InChI=1S/C21H27N5O/c22-19(27)9-8-15-5-4-12-26(14-15)21-17-10-11-23-13-18(17)24-20(25-21)16-6-2-1-3-7-16/h1-3,6-7,15,23H,4-5,8-14H2,(H2,22,27)/t15-/m0/s1. The number of carbonyl (C=O) groups is 1. The van der Waals surface area contributed by atoms with Gasteiger partial charge in [0, 0.05) is 37.2 Å². The van der Waals surface area contributed by atoms with E-state index in [2.05, 4.69) is 22.3 Å². The first-order valence-electron chi connectivity index (χ1n) is 9.90. The van der Waals surface area contributed by atoms with Gasteiger partial charge < -0.3 is 16.0 Å². The van der Waals surface area contributed by atoms with Gasteiger partial charge >= 0.3 is 0 Å². The first kappa shape index (κ1) is 17.9. The molecule has 0 spiro atoms. The third-order valence-electron chi connectivity index (χ3n) is 5.56. The van der Waals surface area contributed by atoms with Crippen LogP contribution in [0, 0.1) is 5.92 Å². The fraction of sp³-hybridized carbons (Fsp3) is 0.476. The number of fused-ring (bicyclic) bond motifs is 1. The number of nitrogens with two attached hydrogens (primary N) is 1. The highest BCUT2D eigenvalue weighted by Gasteiger charge is 2.26. The first-order chi connectivity index (χ1) is 13.2. The Hall–Kier alpha value is -2.47. The van der Waals surface area contributed by atoms with E-state index in [-0.39, 0.29) is 5.91 Å². The molecule has 2 aliphatic heterocycles. The molecule has 6 nitrogen and oxygen atoms in total. The molecule has 142 valence electrons. The van der Waals surface area contributed by atoms with Crippen LogP contribution in [0.3, 0.4) is 0 Å². The van der Waals surface area contributed by atoms with Crippen LogP contribution in [0.2, 0.25) is 0 Å². The summed E-state index contributed by atoms with van der Waals surface area (Å²) in [6, 6.07) is 10.2. The van der Waals surface area contributed by atoms with Gasteiger partial charge in [-0.15, -0.1) is 0 Å². The molecule has 3 N–H and O–H groups in total. The van der Waals surface area contributed by atoms with Crippen molar-refractivity contribution in [2.75, 3.05) is 24.5 Å². The topological polar surface area (TPSA) is 84.1 Å². The number of amides is 1. The molecule has 0 bridgehead atoms. The van der Waals surface area contributed by atoms with Gasteiger partial charge in [0.2, 0.25) is 5.91 Å². The summed E-state index contributed by atoms with van der Waals surface area (Å²) in [6.45, 7) is 3.72. The van der Waals surface area contributed by atoms with Gasteiger partial charge in [0.05, 0.1) is 5.69 Å². The van der Waals surface area contributed by atoms with Crippen LogP contribution >= 0.6 is 0 Å². The number of nitrogens with one attached hydrogen (secondary N) is 1. The Morgan fingerprint density at radius 3 is 2.93 bits per heavy atom. The highest BCUT2D eigenvalue weighted by Crippen LogP contribution is 2.31. The number of anilines is 1. The maximum Gasteiger partial charge on any atom is 0.217 e. The zero-order chi connectivity index (χ0) is 18.6. The molecule has 27 heavy (non-hydrogen) atoms. The molecule has 2 aliphatic rings. The lowest BCUT2D eigenvalue weighted by atomic mass is 9.92. The number of rotatable bonds is 5. The molecule has 0 aliphatic carbocycles. The molecule has 1 fully saturated rings. The minimum atomic E-state index is -0.205. The first-order valence-corrected chi connectivity index (χ1v) is 9.90. The van der Waals surface area contributed by atoms with E-state index < -0.39 is 0 Å². The Balaban J connectivity index is 1.65. The summed E-state index contributed by atoms with van der Waals surface area (Å²) in [5.74, 6) is 2.18.